The topological polar surface area (TPSA) is 95.6 Å². The number of anilines is 2. The highest BCUT2D eigenvalue weighted by Crippen LogP contribution is 2.30. The van der Waals surface area contributed by atoms with E-state index in [0.29, 0.717) is 37.2 Å². The van der Waals surface area contributed by atoms with Crippen LogP contribution in [0.1, 0.15) is 38.0 Å². The molecule has 0 saturated carbocycles. The Morgan fingerprint density at radius 2 is 1.73 bits per heavy atom. The van der Waals surface area contributed by atoms with Gasteiger partial charge in [0.05, 0.1) is 0 Å². The summed E-state index contributed by atoms with van der Waals surface area (Å²) >= 11 is 1.21. The van der Waals surface area contributed by atoms with Crippen molar-refractivity contribution < 1.29 is 18.0 Å². The van der Waals surface area contributed by atoms with Crippen molar-refractivity contribution in [3.63, 3.8) is 0 Å². The molecule has 1 aliphatic rings. The lowest BCUT2D eigenvalue weighted by molar-refractivity contribution is -0.119. The first-order chi connectivity index (χ1) is 14.2. The van der Waals surface area contributed by atoms with Gasteiger partial charge >= 0.3 is 0 Å². The maximum atomic E-state index is 13.0. The van der Waals surface area contributed by atoms with Crippen molar-refractivity contribution in [2.45, 2.75) is 50.3 Å². The lowest BCUT2D eigenvalue weighted by Gasteiger charge is -2.22. The molecule has 1 aromatic carbocycles. The summed E-state index contributed by atoms with van der Waals surface area (Å²) in [5, 5.41) is 5.62. The third-order valence-electron chi connectivity index (χ3n) is 4.81. The van der Waals surface area contributed by atoms with Gasteiger partial charge in [-0.2, -0.15) is 4.31 Å². The minimum Gasteiger partial charge on any atom is -0.326 e. The first kappa shape index (κ1) is 22.5. The number of amides is 2. The van der Waals surface area contributed by atoms with Gasteiger partial charge in [0, 0.05) is 29.2 Å². The molecule has 1 unspecified atom stereocenters. The number of sulfonamides is 1. The number of thiophene rings is 1. The predicted molar refractivity (Wildman–Crippen MR) is 119 cm³/mol. The molecule has 3 rings (SSSR count). The van der Waals surface area contributed by atoms with Crippen LogP contribution in [-0.2, 0) is 19.6 Å². The summed E-state index contributed by atoms with van der Waals surface area (Å²) in [6, 6.07) is 9.44. The molecule has 2 heterocycles. The molecular weight excluding hydrogens is 422 g/mol. The molecule has 1 saturated heterocycles. The Morgan fingerprint density at radius 3 is 2.30 bits per heavy atom. The molecule has 1 aromatic heterocycles. The van der Waals surface area contributed by atoms with Crippen LogP contribution in [0.5, 0.6) is 0 Å². The molecule has 1 atom stereocenters. The smallest absolute Gasteiger partial charge is 0.253 e. The zero-order chi connectivity index (χ0) is 21.9. The highest BCUT2D eigenvalue weighted by atomic mass is 32.2. The predicted octanol–water partition coefficient (Wildman–Crippen LogP) is 3.83. The molecule has 0 aliphatic carbocycles. The fraction of sp³-hybridized carbons (Fsp3) is 0.429. The van der Waals surface area contributed by atoms with Gasteiger partial charge in [-0.1, -0.05) is 13.8 Å². The molecule has 30 heavy (non-hydrogen) atoms. The van der Waals surface area contributed by atoms with Crippen molar-refractivity contribution in [1.29, 1.82) is 0 Å². The zero-order valence-corrected chi connectivity index (χ0v) is 19.0. The number of aryl methyl sites for hydroxylation is 1. The van der Waals surface area contributed by atoms with Crippen LogP contribution in [0.25, 0.3) is 0 Å². The molecule has 1 fully saturated rings. The molecular formula is C21H27N3O4S2. The van der Waals surface area contributed by atoms with Gasteiger partial charge in [0.1, 0.15) is 10.3 Å². The summed E-state index contributed by atoms with van der Waals surface area (Å²) in [6.45, 7) is 6.14. The third-order valence-corrected chi connectivity index (χ3v) is 8.19. The molecule has 162 valence electrons. The first-order valence-electron chi connectivity index (χ1n) is 9.96. The quantitative estimate of drug-likeness (QED) is 0.671. The van der Waals surface area contributed by atoms with E-state index in [2.05, 4.69) is 10.6 Å². The normalized spacial score (nSPS) is 17.3. The summed E-state index contributed by atoms with van der Waals surface area (Å²) < 4.78 is 27.5. The van der Waals surface area contributed by atoms with Crippen LogP contribution >= 0.6 is 11.3 Å². The van der Waals surface area contributed by atoms with Gasteiger partial charge < -0.3 is 10.6 Å². The van der Waals surface area contributed by atoms with Gasteiger partial charge in [0.15, 0.2) is 0 Å². The number of nitrogens with zero attached hydrogens (tertiary/aromatic N) is 1. The molecule has 0 spiro atoms. The van der Waals surface area contributed by atoms with E-state index in [0.717, 1.165) is 4.88 Å². The van der Waals surface area contributed by atoms with Crippen molar-refractivity contribution in [2.24, 2.45) is 5.92 Å². The summed E-state index contributed by atoms with van der Waals surface area (Å²) in [7, 11) is -3.69. The molecule has 0 bridgehead atoms. The molecule has 0 radical (unpaired) electrons. The Morgan fingerprint density at radius 1 is 1.10 bits per heavy atom. The SMILES string of the molecule is Cc1ccc(S(=O)(=O)N2CCCC2C(=O)Nc2ccc(NC(=O)CC(C)C)cc2)s1. The van der Waals surface area contributed by atoms with E-state index in [-0.39, 0.29) is 21.9 Å². The second-order valence-corrected chi connectivity index (χ2v) is 11.3. The Labute approximate surface area is 181 Å². The standard InChI is InChI=1S/C21H27N3O4S2/c1-14(2)13-19(25)22-16-7-9-17(10-8-16)23-21(26)18-5-4-12-24(18)30(27,28)20-11-6-15(3)29-20/h6-11,14,18H,4-5,12-13H2,1-3H3,(H,22,25)(H,23,26). The number of carbonyl (C=O) groups is 2. The molecule has 2 amide bonds. The lowest BCUT2D eigenvalue weighted by atomic mass is 10.1. The van der Waals surface area contributed by atoms with Crippen LogP contribution < -0.4 is 10.6 Å². The number of nitrogens with one attached hydrogen (secondary N) is 2. The van der Waals surface area contributed by atoms with E-state index >= 15 is 0 Å². The van der Waals surface area contributed by atoms with Gasteiger partial charge in [0.2, 0.25) is 11.8 Å². The Bertz CT molecular complexity index is 1010. The van der Waals surface area contributed by atoms with Gasteiger partial charge in [-0.15, -0.1) is 11.3 Å². The Kier molecular flexibility index (Phi) is 6.95. The molecule has 2 aromatic rings. The van der Waals surface area contributed by atoms with Crippen LogP contribution in [0.15, 0.2) is 40.6 Å². The molecule has 1 aliphatic heterocycles. The average Bonchev–Trinajstić information content (AvgIpc) is 3.32. The largest absolute Gasteiger partial charge is 0.326 e. The first-order valence-corrected chi connectivity index (χ1v) is 12.2. The van der Waals surface area contributed by atoms with E-state index in [1.165, 1.54) is 15.6 Å². The molecule has 2 N–H and O–H groups in total. The lowest BCUT2D eigenvalue weighted by Crippen LogP contribution is -2.42. The van der Waals surface area contributed by atoms with Crippen LogP contribution in [0.4, 0.5) is 11.4 Å². The maximum absolute atomic E-state index is 13.0. The van der Waals surface area contributed by atoms with Crippen molar-refractivity contribution in [1.82, 2.24) is 4.31 Å². The van der Waals surface area contributed by atoms with E-state index in [4.69, 9.17) is 0 Å². The summed E-state index contributed by atoms with van der Waals surface area (Å²) in [5.41, 5.74) is 1.20. The summed E-state index contributed by atoms with van der Waals surface area (Å²) in [5.74, 6) is -0.134. The van der Waals surface area contributed by atoms with Crippen molar-refractivity contribution in [2.75, 3.05) is 17.2 Å². The zero-order valence-electron chi connectivity index (χ0n) is 17.3. The highest BCUT2D eigenvalue weighted by molar-refractivity contribution is 7.91. The van der Waals surface area contributed by atoms with E-state index in [1.54, 1.807) is 36.4 Å². The third kappa shape index (κ3) is 5.27. The van der Waals surface area contributed by atoms with Crippen molar-refractivity contribution in [3.8, 4) is 0 Å². The fourth-order valence-electron chi connectivity index (χ4n) is 3.40. The fourth-order valence-corrected chi connectivity index (χ4v) is 6.47. The highest BCUT2D eigenvalue weighted by Gasteiger charge is 2.40. The minimum absolute atomic E-state index is 0.0580. The van der Waals surface area contributed by atoms with Crippen molar-refractivity contribution in [3.05, 3.63) is 41.3 Å². The van der Waals surface area contributed by atoms with E-state index in [9.17, 15) is 18.0 Å². The van der Waals surface area contributed by atoms with Gasteiger partial charge in [-0.3, -0.25) is 9.59 Å². The van der Waals surface area contributed by atoms with Crippen LogP contribution in [-0.4, -0.2) is 37.1 Å². The van der Waals surface area contributed by atoms with Gasteiger partial charge in [-0.05, 0) is 62.1 Å². The summed E-state index contributed by atoms with van der Waals surface area (Å²) in [4.78, 5) is 25.6. The number of hydrogen-bond acceptors (Lipinski definition) is 5. The number of rotatable bonds is 7. The average molecular weight is 450 g/mol. The van der Waals surface area contributed by atoms with Crippen molar-refractivity contribution >= 4 is 44.5 Å². The van der Waals surface area contributed by atoms with Crippen LogP contribution in [0.3, 0.4) is 0 Å². The Balaban J connectivity index is 1.66. The number of benzene rings is 1. The van der Waals surface area contributed by atoms with E-state index in [1.807, 2.05) is 20.8 Å². The monoisotopic (exact) mass is 449 g/mol. The Hall–Kier alpha value is -2.23. The second-order valence-electron chi connectivity index (χ2n) is 7.85. The van der Waals surface area contributed by atoms with Gasteiger partial charge in [-0.25, -0.2) is 8.42 Å². The minimum atomic E-state index is -3.69. The second kappa shape index (κ2) is 9.28. The number of carbonyl (C=O) groups excluding carboxylic acids is 2. The molecule has 7 nitrogen and oxygen atoms in total. The summed E-state index contributed by atoms with van der Waals surface area (Å²) in [6.07, 6.45) is 1.56. The maximum Gasteiger partial charge on any atom is 0.253 e. The van der Waals surface area contributed by atoms with E-state index < -0.39 is 16.1 Å². The van der Waals surface area contributed by atoms with Crippen LogP contribution in [0.2, 0.25) is 0 Å². The number of hydrogen-bond donors (Lipinski definition) is 2. The molecule has 9 heteroatoms. The van der Waals surface area contributed by atoms with Gasteiger partial charge in [0.25, 0.3) is 10.0 Å². The van der Waals surface area contributed by atoms with Crippen LogP contribution in [0, 0.1) is 12.8 Å².